The molecular weight excluding hydrogens is 373 g/mol. The van der Waals surface area contributed by atoms with Crippen molar-refractivity contribution < 1.29 is 18.0 Å². The second-order valence-electron chi connectivity index (χ2n) is 6.59. The van der Waals surface area contributed by atoms with E-state index in [1.54, 1.807) is 18.3 Å². The molecule has 2 heterocycles. The van der Waals surface area contributed by atoms with E-state index < -0.39 is 23.2 Å². The van der Waals surface area contributed by atoms with Gasteiger partial charge < -0.3 is 5.32 Å². The van der Waals surface area contributed by atoms with Gasteiger partial charge in [-0.3, -0.25) is 14.2 Å². The van der Waals surface area contributed by atoms with Crippen molar-refractivity contribution in [1.29, 1.82) is 0 Å². The van der Waals surface area contributed by atoms with E-state index in [2.05, 4.69) is 15.3 Å². The smallest absolute Gasteiger partial charge is 0.346 e. The standard InChI is InChI=1S/C19H15F3N4O2/c20-19(21,22)12-5-3-11(4-6-12)10-24-17(27)15-18(28)26(13-7-8-13)16-14(25-15)2-1-9-23-16/h1-6,9,13H,7-8,10H2,(H,24,27). The van der Waals surface area contributed by atoms with Gasteiger partial charge in [-0.05, 0) is 42.7 Å². The highest BCUT2D eigenvalue weighted by Gasteiger charge is 2.31. The highest BCUT2D eigenvalue weighted by atomic mass is 19.4. The van der Waals surface area contributed by atoms with Crippen molar-refractivity contribution in [1.82, 2.24) is 19.9 Å². The number of carbonyl (C=O) groups is 1. The molecule has 9 heteroatoms. The molecule has 28 heavy (non-hydrogen) atoms. The monoisotopic (exact) mass is 388 g/mol. The number of rotatable bonds is 4. The van der Waals surface area contributed by atoms with Crippen LogP contribution in [0.25, 0.3) is 11.2 Å². The van der Waals surface area contributed by atoms with Gasteiger partial charge in [0.25, 0.3) is 11.5 Å². The molecule has 1 aliphatic rings. The Morgan fingerprint density at radius 3 is 2.54 bits per heavy atom. The Morgan fingerprint density at radius 1 is 1.18 bits per heavy atom. The van der Waals surface area contributed by atoms with Crippen LogP contribution in [-0.2, 0) is 12.7 Å². The first-order valence-corrected chi connectivity index (χ1v) is 8.66. The summed E-state index contributed by atoms with van der Waals surface area (Å²) in [7, 11) is 0. The lowest BCUT2D eigenvalue weighted by Crippen LogP contribution is -2.34. The van der Waals surface area contributed by atoms with Gasteiger partial charge in [0.2, 0.25) is 0 Å². The fourth-order valence-electron chi connectivity index (χ4n) is 2.94. The molecule has 0 atom stereocenters. The van der Waals surface area contributed by atoms with Crippen LogP contribution in [0.5, 0.6) is 0 Å². The third-order valence-corrected chi connectivity index (χ3v) is 4.51. The van der Waals surface area contributed by atoms with Gasteiger partial charge in [-0.1, -0.05) is 12.1 Å². The van der Waals surface area contributed by atoms with Crippen LogP contribution in [0, 0.1) is 0 Å². The van der Waals surface area contributed by atoms with Gasteiger partial charge in [-0.15, -0.1) is 0 Å². The first-order chi connectivity index (χ1) is 13.3. The number of amides is 1. The average Bonchev–Trinajstić information content (AvgIpc) is 3.50. The van der Waals surface area contributed by atoms with Crippen LogP contribution in [-0.4, -0.2) is 20.4 Å². The van der Waals surface area contributed by atoms with Crippen molar-refractivity contribution in [2.75, 3.05) is 0 Å². The Balaban J connectivity index is 1.58. The number of aromatic nitrogens is 3. The fraction of sp³-hybridized carbons (Fsp3) is 0.263. The zero-order valence-corrected chi connectivity index (χ0v) is 14.5. The lowest BCUT2D eigenvalue weighted by atomic mass is 10.1. The molecule has 1 amide bonds. The van der Waals surface area contributed by atoms with Crippen LogP contribution in [0.2, 0.25) is 0 Å². The van der Waals surface area contributed by atoms with Crippen LogP contribution in [0.1, 0.15) is 40.5 Å². The van der Waals surface area contributed by atoms with Gasteiger partial charge in [-0.25, -0.2) is 9.97 Å². The lowest BCUT2D eigenvalue weighted by Gasteiger charge is -2.11. The Morgan fingerprint density at radius 2 is 1.89 bits per heavy atom. The zero-order valence-electron chi connectivity index (χ0n) is 14.5. The van der Waals surface area contributed by atoms with Crippen LogP contribution in [0.15, 0.2) is 47.4 Å². The number of alkyl halides is 3. The predicted octanol–water partition coefficient (Wildman–Crippen LogP) is 3.08. The number of carbonyl (C=O) groups excluding carboxylic acids is 1. The van der Waals surface area contributed by atoms with E-state index in [1.165, 1.54) is 16.7 Å². The van der Waals surface area contributed by atoms with Gasteiger partial charge in [0.15, 0.2) is 11.3 Å². The second-order valence-corrected chi connectivity index (χ2v) is 6.59. The molecule has 0 spiro atoms. The summed E-state index contributed by atoms with van der Waals surface area (Å²) in [5, 5.41) is 2.55. The van der Waals surface area contributed by atoms with Crippen LogP contribution in [0.3, 0.4) is 0 Å². The van der Waals surface area contributed by atoms with Gasteiger partial charge in [0, 0.05) is 18.8 Å². The van der Waals surface area contributed by atoms with Crippen molar-refractivity contribution in [2.45, 2.75) is 31.6 Å². The Bertz CT molecular complexity index is 1100. The molecular formula is C19H15F3N4O2. The molecule has 0 saturated heterocycles. The minimum absolute atomic E-state index is 0.00867. The summed E-state index contributed by atoms with van der Waals surface area (Å²) in [5.41, 5.74) is -0.175. The number of nitrogens with one attached hydrogen (secondary N) is 1. The number of hydrogen-bond acceptors (Lipinski definition) is 4. The third-order valence-electron chi connectivity index (χ3n) is 4.51. The summed E-state index contributed by atoms with van der Waals surface area (Å²) in [6, 6.07) is 7.80. The van der Waals surface area contributed by atoms with Crippen molar-refractivity contribution in [3.05, 3.63) is 69.8 Å². The number of benzene rings is 1. The summed E-state index contributed by atoms with van der Waals surface area (Å²) in [4.78, 5) is 33.6. The molecule has 4 rings (SSSR count). The van der Waals surface area contributed by atoms with E-state index in [0.717, 1.165) is 25.0 Å². The maximum atomic E-state index is 12.7. The predicted molar refractivity (Wildman–Crippen MR) is 94.7 cm³/mol. The number of hydrogen-bond donors (Lipinski definition) is 1. The summed E-state index contributed by atoms with van der Waals surface area (Å²) >= 11 is 0. The maximum absolute atomic E-state index is 12.7. The minimum atomic E-state index is -4.42. The maximum Gasteiger partial charge on any atom is 0.416 e. The van der Waals surface area contributed by atoms with Crippen molar-refractivity contribution in [3.63, 3.8) is 0 Å². The number of pyridine rings is 1. The lowest BCUT2D eigenvalue weighted by molar-refractivity contribution is -0.137. The molecule has 0 radical (unpaired) electrons. The molecule has 1 saturated carbocycles. The molecule has 6 nitrogen and oxygen atoms in total. The van der Waals surface area contributed by atoms with Crippen molar-refractivity contribution in [3.8, 4) is 0 Å². The first-order valence-electron chi connectivity index (χ1n) is 8.66. The summed E-state index contributed by atoms with van der Waals surface area (Å²) < 4.78 is 39.3. The zero-order chi connectivity index (χ0) is 19.9. The van der Waals surface area contributed by atoms with Gasteiger partial charge >= 0.3 is 6.18 Å². The van der Waals surface area contributed by atoms with E-state index in [-0.39, 0.29) is 18.3 Å². The molecule has 144 valence electrons. The highest BCUT2D eigenvalue weighted by Crippen LogP contribution is 2.35. The van der Waals surface area contributed by atoms with Crippen molar-refractivity contribution >= 4 is 17.1 Å². The average molecular weight is 388 g/mol. The second kappa shape index (κ2) is 6.74. The summed E-state index contributed by atoms with van der Waals surface area (Å²) in [6.07, 6.45) is -1.18. The van der Waals surface area contributed by atoms with E-state index in [9.17, 15) is 22.8 Å². The van der Waals surface area contributed by atoms with Crippen LogP contribution >= 0.6 is 0 Å². The number of halogens is 3. The van der Waals surface area contributed by atoms with Crippen LogP contribution < -0.4 is 10.9 Å². The number of fused-ring (bicyclic) bond motifs is 1. The van der Waals surface area contributed by atoms with Gasteiger partial charge in [0.1, 0.15) is 5.52 Å². The largest absolute Gasteiger partial charge is 0.416 e. The Hall–Kier alpha value is -3.23. The summed E-state index contributed by atoms with van der Waals surface area (Å²) in [6.45, 7) is -0.0212. The molecule has 2 aromatic heterocycles. The summed E-state index contributed by atoms with van der Waals surface area (Å²) in [5.74, 6) is -0.676. The fourth-order valence-corrected chi connectivity index (χ4v) is 2.94. The molecule has 0 bridgehead atoms. The topological polar surface area (TPSA) is 76.9 Å². The third kappa shape index (κ3) is 3.47. The molecule has 1 aliphatic carbocycles. The normalized spacial score (nSPS) is 14.2. The quantitative estimate of drug-likeness (QED) is 0.745. The molecule has 1 N–H and O–H groups in total. The van der Waals surface area contributed by atoms with E-state index in [4.69, 9.17) is 0 Å². The Kier molecular flexibility index (Phi) is 4.37. The van der Waals surface area contributed by atoms with E-state index >= 15 is 0 Å². The van der Waals surface area contributed by atoms with Crippen LogP contribution in [0.4, 0.5) is 13.2 Å². The van der Waals surface area contributed by atoms with Gasteiger partial charge in [0.05, 0.1) is 5.56 Å². The molecule has 1 aromatic carbocycles. The minimum Gasteiger partial charge on any atom is -0.346 e. The van der Waals surface area contributed by atoms with Gasteiger partial charge in [-0.2, -0.15) is 13.2 Å². The molecule has 0 aliphatic heterocycles. The SMILES string of the molecule is O=C(NCc1ccc(C(F)(F)F)cc1)c1nc2cccnc2n(C2CC2)c1=O. The van der Waals surface area contributed by atoms with E-state index in [1.807, 2.05) is 0 Å². The van der Waals surface area contributed by atoms with Crippen molar-refractivity contribution in [2.24, 2.45) is 0 Å². The molecule has 1 fully saturated rings. The first kappa shape index (κ1) is 18.1. The number of nitrogens with zero attached hydrogens (tertiary/aromatic N) is 3. The Labute approximate surface area is 157 Å². The highest BCUT2D eigenvalue weighted by molar-refractivity contribution is 5.93. The van der Waals surface area contributed by atoms with E-state index in [0.29, 0.717) is 16.7 Å². The molecule has 0 unspecified atom stereocenters. The molecule has 3 aromatic rings.